The first kappa shape index (κ1) is 24.4. The summed E-state index contributed by atoms with van der Waals surface area (Å²) in [5, 5.41) is 0. The minimum absolute atomic E-state index is 0.0911. The number of carbonyl (C=O) groups excluding carboxylic acids is 1. The van der Waals surface area contributed by atoms with E-state index in [1.165, 1.54) is 96.3 Å². The van der Waals surface area contributed by atoms with Crippen molar-refractivity contribution in [3.8, 4) is 0 Å². The molecule has 25 heavy (non-hydrogen) atoms. The zero-order valence-electron chi connectivity index (χ0n) is 17.5. The molecule has 0 aliphatic heterocycles. The molecule has 1 atom stereocenters. The van der Waals surface area contributed by atoms with Gasteiger partial charge in [-0.3, -0.25) is 9.69 Å². The first-order valence-corrected chi connectivity index (χ1v) is 11.0. The van der Waals surface area contributed by atoms with Gasteiger partial charge in [-0.05, 0) is 20.5 Å². The molecular weight excluding hydrogens is 308 g/mol. The molecule has 0 bridgehead atoms. The maximum Gasteiger partial charge on any atom is 0.234 e. The van der Waals surface area contributed by atoms with Crippen LogP contribution in [-0.4, -0.2) is 30.9 Å². The van der Waals surface area contributed by atoms with Crippen LogP contribution in [0, 0.1) is 0 Å². The lowest BCUT2D eigenvalue weighted by Crippen LogP contribution is -2.40. The highest BCUT2D eigenvalue weighted by atomic mass is 16.1. The number of rotatable bonds is 19. The molecule has 0 aromatic heterocycles. The van der Waals surface area contributed by atoms with E-state index in [4.69, 9.17) is 5.73 Å². The summed E-state index contributed by atoms with van der Waals surface area (Å²) in [7, 11) is 3.86. The van der Waals surface area contributed by atoms with E-state index < -0.39 is 0 Å². The molecule has 1 unspecified atom stereocenters. The molecule has 0 aromatic carbocycles. The van der Waals surface area contributed by atoms with Crippen LogP contribution in [0.5, 0.6) is 0 Å². The standard InChI is InChI=1S/C22H46N2O/c1-4-5-6-7-8-9-10-11-12-13-14-15-16-17-18-19-20-21(22(23)25)24(2)3/h21H,4-20H2,1-3H3,(H2,23,25). The second-order valence-corrected chi connectivity index (χ2v) is 7.97. The molecule has 0 saturated carbocycles. The number of carbonyl (C=O) groups is 1. The topological polar surface area (TPSA) is 46.3 Å². The molecule has 0 aliphatic rings. The molecule has 3 nitrogen and oxygen atoms in total. The normalized spacial score (nSPS) is 12.6. The summed E-state index contributed by atoms with van der Waals surface area (Å²) < 4.78 is 0. The predicted octanol–water partition coefficient (Wildman–Crippen LogP) is 6.05. The monoisotopic (exact) mass is 354 g/mol. The lowest BCUT2D eigenvalue weighted by atomic mass is 10.0. The molecule has 0 spiro atoms. The summed E-state index contributed by atoms with van der Waals surface area (Å²) in [4.78, 5) is 13.3. The Labute approximate surface area is 158 Å². The number of amides is 1. The number of likely N-dealkylation sites (N-methyl/N-ethyl adjacent to an activating group) is 1. The molecule has 150 valence electrons. The Hall–Kier alpha value is -0.570. The highest BCUT2D eigenvalue weighted by Crippen LogP contribution is 2.14. The van der Waals surface area contributed by atoms with Crippen LogP contribution in [0.4, 0.5) is 0 Å². The van der Waals surface area contributed by atoms with Gasteiger partial charge in [0, 0.05) is 0 Å². The first-order valence-electron chi connectivity index (χ1n) is 11.0. The molecule has 0 heterocycles. The predicted molar refractivity (Wildman–Crippen MR) is 111 cm³/mol. The molecule has 0 aliphatic carbocycles. The molecule has 3 heteroatoms. The maximum atomic E-state index is 11.3. The van der Waals surface area contributed by atoms with Gasteiger partial charge in [0.15, 0.2) is 0 Å². The Kier molecular flexibility index (Phi) is 17.8. The van der Waals surface area contributed by atoms with Crippen LogP contribution in [0.2, 0.25) is 0 Å². The van der Waals surface area contributed by atoms with Crippen molar-refractivity contribution < 1.29 is 4.79 Å². The summed E-state index contributed by atoms with van der Waals surface area (Å²) >= 11 is 0. The Morgan fingerprint density at radius 2 is 1.00 bits per heavy atom. The van der Waals surface area contributed by atoms with Crippen LogP contribution in [0.15, 0.2) is 0 Å². The lowest BCUT2D eigenvalue weighted by Gasteiger charge is -2.20. The van der Waals surface area contributed by atoms with Crippen molar-refractivity contribution >= 4 is 5.91 Å². The van der Waals surface area contributed by atoms with Gasteiger partial charge in [-0.25, -0.2) is 0 Å². The van der Waals surface area contributed by atoms with Gasteiger partial charge < -0.3 is 5.73 Å². The average molecular weight is 355 g/mol. The van der Waals surface area contributed by atoms with Crippen molar-refractivity contribution in [2.24, 2.45) is 5.73 Å². The minimum atomic E-state index is -0.189. The van der Waals surface area contributed by atoms with Crippen molar-refractivity contribution in [2.75, 3.05) is 14.1 Å². The largest absolute Gasteiger partial charge is 0.368 e. The van der Waals surface area contributed by atoms with E-state index >= 15 is 0 Å². The van der Waals surface area contributed by atoms with Gasteiger partial charge >= 0.3 is 0 Å². The molecule has 1 amide bonds. The Morgan fingerprint density at radius 1 is 0.680 bits per heavy atom. The number of primary amides is 1. The SMILES string of the molecule is CCCCCCCCCCCCCCCCCCC(C(N)=O)N(C)C. The van der Waals surface area contributed by atoms with E-state index in [1.807, 2.05) is 19.0 Å². The third-order valence-electron chi connectivity index (χ3n) is 5.28. The number of hydrogen-bond acceptors (Lipinski definition) is 2. The van der Waals surface area contributed by atoms with Crippen molar-refractivity contribution in [3.05, 3.63) is 0 Å². The van der Waals surface area contributed by atoms with Gasteiger partial charge in [-0.1, -0.05) is 110 Å². The van der Waals surface area contributed by atoms with Gasteiger partial charge in [0.05, 0.1) is 6.04 Å². The lowest BCUT2D eigenvalue weighted by molar-refractivity contribution is -0.122. The summed E-state index contributed by atoms with van der Waals surface area (Å²) in [5.74, 6) is -0.189. The van der Waals surface area contributed by atoms with Gasteiger partial charge in [0.25, 0.3) is 0 Å². The second kappa shape index (κ2) is 18.2. The molecular formula is C22H46N2O. The van der Waals surface area contributed by atoms with Crippen molar-refractivity contribution in [1.29, 1.82) is 0 Å². The third kappa shape index (κ3) is 16.6. The summed E-state index contributed by atoms with van der Waals surface area (Å²) in [6.45, 7) is 2.28. The highest BCUT2D eigenvalue weighted by molar-refractivity contribution is 5.79. The van der Waals surface area contributed by atoms with E-state index in [2.05, 4.69) is 6.92 Å². The zero-order chi connectivity index (χ0) is 18.8. The first-order chi connectivity index (χ1) is 12.1. The van der Waals surface area contributed by atoms with Gasteiger partial charge in [0.2, 0.25) is 5.91 Å². The zero-order valence-corrected chi connectivity index (χ0v) is 17.5. The Balaban J connectivity index is 3.20. The fourth-order valence-electron chi connectivity index (χ4n) is 3.54. The maximum absolute atomic E-state index is 11.3. The van der Waals surface area contributed by atoms with Crippen LogP contribution in [0.3, 0.4) is 0 Å². The quantitative estimate of drug-likeness (QED) is 0.287. The van der Waals surface area contributed by atoms with Crippen LogP contribution < -0.4 is 5.73 Å². The average Bonchev–Trinajstić information content (AvgIpc) is 2.57. The summed E-state index contributed by atoms with van der Waals surface area (Å²) in [5.41, 5.74) is 5.42. The van der Waals surface area contributed by atoms with Crippen LogP contribution >= 0.6 is 0 Å². The van der Waals surface area contributed by atoms with E-state index in [0.717, 1.165) is 12.8 Å². The van der Waals surface area contributed by atoms with Crippen molar-refractivity contribution in [3.63, 3.8) is 0 Å². The van der Waals surface area contributed by atoms with Crippen LogP contribution in [-0.2, 0) is 4.79 Å². The van der Waals surface area contributed by atoms with Gasteiger partial charge in [0.1, 0.15) is 0 Å². The van der Waals surface area contributed by atoms with Gasteiger partial charge in [-0.2, -0.15) is 0 Å². The van der Waals surface area contributed by atoms with Crippen LogP contribution in [0.1, 0.15) is 116 Å². The summed E-state index contributed by atoms with van der Waals surface area (Å²) in [6, 6.07) is -0.0911. The van der Waals surface area contributed by atoms with Crippen molar-refractivity contribution in [1.82, 2.24) is 4.90 Å². The number of unbranched alkanes of at least 4 members (excludes halogenated alkanes) is 15. The number of nitrogens with zero attached hydrogens (tertiary/aromatic N) is 1. The molecule has 0 radical (unpaired) electrons. The highest BCUT2D eigenvalue weighted by Gasteiger charge is 2.16. The van der Waals surface area contributed by atoms with E-state index in [9.17, 15) is 4.79 Å². The number of hydrogen-bond donors (Lipinski definition) is 1. The van der Waals surface area contributed by atoms with Crippen molar-refractivity contribution in [2.45, 2.75) is 122 Å². The molecule has 0 saturated heterocycles. The Morgan fingerprint density at radius 3 is 1.28 bits per heavy atom. The Bertz CT molecular complexity index is 292. The fourth-order valence-corrected chi connectivity index (χ4v) is 3.54. The molecule has 0 rings (SSSR count). The van der Waals surface area contributed by atoms with Gasteiger partial charge in [-0.15, -0.1) is 0 Å². The number of nitrogens with two attached hydrogens (primary N) is 1. The van der Waals surface area contributed by atoms with E-state index in [-0.39, 0.29) is 11.9 Å². The van der Waals surface area contributed by atoms with E-state index in [0.29, 0.717) is 0 Å². The second-order valence-electron chi connectivity index (χ2n) is 7.97. The van der Waals surface area contributed by atoms with E-state index in [1.54, 1.807) is 0 Å². The molecule has 0 fully saturated rings. The smallest absolute Gasteiger partial charge is 0.234 e. The minimum Gasteiger partial charge on any atom is -0.368 e. The van der Waals surface area contributed by atoms with Crippen LogP contribution in [0.25, 0.3) is 0 Å². The third-order valence-corrected chi connectivity index (χ3v) is 5.28. The molecule has 2 N–H and O–H groups in total. The molecule has 0 aromatic rings. The fraction of sp³-hybridized carbons (Fsp3) is 0.955. The summed E-state index contributed by atoms with van der Waals surface area (Å²) in [6.07, 6.45) is 23.0.